The van der Waals surface area contributed by atoms with Crippen LogP contribution in [0.2, 0.25) is 0 Å². The van der Waals surface area contributed by atoms with E-state index in [2.05, 4.69) is 15.6 Å². The topological polar surface area (TPSA) is 103 Å². The van der Waals surface area contributed by atoms with Gasteiger partial charge in [0.25, 0.3) is 0 Å². The molecule has 4 aromatic rings. The number of thioether (sulfide) groups is 1. The van der Waals surface area contributed by atoms with E-state index in [9.17, 15) is 9.36 Å². The zero-order valence-corrected chi connectivity index (χ0v) is 18.9. The van der Waals surface area contributed by atoms with Gasteiger partial charge in [-0.2, -0.15) is 0 Å². The van der Waals surface area contributed by atoms with Crippen LogP contribution in [0.15, 0.2) is 96.2 Å². The molecule has 1 amide bonds. The van der Waals surface area contributed by atoms with Gasteiger partial charge in [0.2, 0.25) is 5.91 Å². The van der Waals surface area contributed by atoms with E-state index in [0.29, 0.717) is 11.0 Å². The standard InChI is InChI=1S/C23H22N5O2PS/c24-25-22(29)17-32-23-27-26-21(28(23)18-10-4-1-5-11-18)16-31(30,19-12-6-2-7-13-19)20-14-8-3-9-15-20/h1-15H,16-17,24H2,(H,25,29). The number of rotatable bonds is 8. The van der Waals surface area contributed by atoms with E-state index in [1.54, 1.807) is 0 Å². The minimum Gasteiger partial charge on any atom is -0.313 e. The summed E-state index contributed by atoms with van der Waals surface area (Å²) in [5.41, 5.74) is 2.95. The molecule has 0 saturated heterocycles. The second-order valence-electron chi connectivity index (χ2n) is 6.99. The van der Waals surface area contributed by atoms with Gasteiger partial charge in [-0.25, -0.2) is 5.84 Å². The zero-order valence-electron chi connectivity index (χ0n) is 17.2. The molecule has 32 heavy (non-hydrogen) atoms. The van der Waals surface area contributed by atoms with E-state index in [1.807, 2.05) is 95.6 Å². The van der Waals surface area contributed by atoms with Crippen LogP contribution in [0, 0.1) is 0 Å². The normalized spacial score (nSPS) is 11.3. The number of amides is 1. The van der Waals surface area contributed by atoms with Gasteiger partial charge in [0, 0.05) is 16.3 Å². The van der Waals surface area contributed by atoms with Crippen molar-refractivity contribution >= 4 is 35.4 Å². The minimum absolute atomic E-state index is 0.0937. The Bertz CT molecular complexity index is 1190. The summed E-state index contributed by atoms with van der Waals surface area (Å²) in [6.45, 7) is 0. The molecule has 7 nitrogen and oxygen atoms in total. The minimum atomic E-state index is -3.06. The molecule has 0 spiro atoms. The molecule has 0 aliphatic rings. The predicted octanol–water partition coefficient (Wildman–Crippen LogP) is 2.86. The van der Waals surface area contributed by atoms with Crippen LogP contribution in [0.1, 0.15) is 5.82 Å². The molecule has 0 unspecified atom stereocenters. The van der Waals surface area contributed by atoms with Crippen LogP contribution < -0.4 is 21.9 Å². The van der Waals surface area contributed by atoms with Crippen molar-refractivity contribution in [2.24, 2.45) is 5.84 Å². The van der Waals surface area contributed by atoms with E-state index in [1.165, 1.54) is 11.8 Å². The third-order valence-corrected chi connectivity index (χ3v) is 8.84. The number of nitrogens with two attached hydrogens (primary N) is 1. The average molecular weight is 464 g/mol. The Morgan fingerprint density at radius 2 is 1.41 bits per heavy atom. The van der Waals surface area contributed by atoms with Crippen LogP contribution >= 0.6 is 18.9 Å². The smallest absolute Gasteiger partial charge is 0.244 e. The molecule has 3 N–H and O–H groups in total. The Morgan fingerprint density at radius 1 is 0.875 bits per heavy atom. The number of carbonyl (C=O) groups is 1. The number of benzene rings is 3. The van der Waals surface area contributed by atoms with E-state index in [0.717, 1.165) is 16.3 Å². The lowest BCUT2D eigenvalue weighted by atomic mass is 10.3. The number of nitrogens with one attached hydrogen (secondary N) is 1. The van der Waals surface area contributed by atoms with Gasteiger partial charge >= 0.3 is 0 Å². The van der Waals surface area contributed by atoms with E-state index >= 15 is 0 Å². The SMILES string of the molecule is NNC(=O)CSc1nnc(CP(=O)(c2ccccc2)c2ccccc2)n1-c1ccccc1. The highest BCUT2D eigenvalue weighted by Gasteiger charge is 2.31. The van der Waals surface area contributed by atoms with Crippen molar-refractivity contribution < 1.29 is 9.36 Å². The maximum Gasteiger partial charge on any atom is 0.244 e. The summed E-state index contributed by atoms with van der Waals surface area (Å²) in [7, 11) is -3.06. The molecule has 4 rings (SSSR count). The first kappa shape index (κ1) is 22.0. The predicted molar refractivity (Wildman–Crippen MR) is 128 cm³/mol. The maximum absolute atomic E-state index is 14.5. The fourth-order valence-electron chi connectivity index (χ4n) is 3.37. The molecule has 0 atom stereocenters. The van der Waals surface area contributed by atoms with Crippen LogP contribution in [-0.4, -0.2) is 26.4 Å². The van der Waals surface area contributed by atoms with Gasteiger partial charge < -0.3 is 4.57 Å². The molecule has 0 fully saturated rings. The molecule has 0 radical (unpaired) electrons. The molecule has 162 valence electrons. The molecule has 0 bridgehead atoms. The van der Waals surface area contributed by atoms with Gasteiger partial charge in [-0.15, -0.1) is 10.2 Å². The van der Waals surface area contributed by atoms with Crippen LogP contribution in [0.25, 0.3) is 5.69 Å². The fourth-order valence-corrected chi connectivity index (χ4v) is 6.73. The second-order valence-corrected chi connectivity index (χ2v) is 10.8. The van der Waals surface area contributed by atoms with Crippen LogP contribution in [0.5, 0.6) is 0 Å². The van der Waals surface area contributed by atoms with Gasteiger partial charge in [0.15, 0.2) is 12.3 Å². The monoisotopic (exact) mass is 463 g/mol. The first-order valence-corrected chi connectivity index (χ1v) is 12.8. The number of carbonyl (C=O) groups excluding carboxylic acids is 1. The van der Waals surface area contributed by atoms with Crippen LogP contribution in [0.3, 0.4) is 0 Å². The highest BCUT2D eigenvalue weighted by Crippen LogP contribution is 2.47. The Morgan fingerprint density at radius 3 is 1.94 bits per heavy atom. The van der Waals surface area contributed by atoms with Crippen molar-refractivity contribution in [2.75, 3.05) is 5.75 Å². The van der Waals surface area contributed by atoms with Gasteiger partial charge in [-0.1, -0.05) is 90.6 Å². The lowest BCUT2D eigenvalue weighted by Crippen LogP contribution is -2.31. The highest BCUT2D eigenvalue weighted by atomic mass is 32.2. The third-order valence-electron chi connectivity index (χ3n) is 4.92. The van der Waals surface area contributed by atoms with E-state index in [-0.39, 0.29) is 17.8 Å². The fraction of sp³-hybridized carbons (Fsp3) is 0.0870. The quantitative estimate of drug-likeness (QED) is 0.137. The molecule has 1 aromatic heterocycles. The van der Waals surface area contributed by atoms with Gasteiger partial charge in [-0.3, -0.25) is 14.8 Å². The molecule has 3 aromatic carbocycles. The van der Waals surface area contributed by atoms with Gasteiger partial charge in [0.1, 0.15) is 5.82 Å². The second kappa shape index (κ2) is 9.96. The highest BCUT2D eigenvalue weighted by molar-refractivity contribution is 7.99. The molecule has 0 aliphatic heterocycles. The Balaban J connectivity index is 1.80. The largest absolute Gasteiger partial charge is 0.313 e. The first-order chi connectivity index (χ1) is 15.6. The molecule has 0 aliphatic carbocycles. The average Bonchev–Trinajstić information content (AvgIpc) is 3.26. The van der Waals surface area contributed by atoms with Crippen molar-refractivity contribution in [3.63, 3.8) is 0 Å². The number of hydrazine groups is 1. The number of hydrogen-bond acceptors (Lipinski definition) is 6. The zero-order chi connectivity index (χ0) is 22.4. The molecule has 0 saturated carbocycles. The van der Waals surface area contributed by atoms with Crippen molar-refractivity contribution in [1.82, 2.24) is 20.2 Å². The van der Waals surface area contributed by atoms with Crippen molar-refractivity contribution in [3.05, 3.63) is 96.8 Å². The summed E-state index contributed by atoms with van der Waals surface area (Å²) >= 11 is 1.22. The van der Waals surface area contributed by atoms with Gasteiger partial charge in [-0.05, 0) is 12.1 Å². The maximum atomic E-state index is 14.5. The van der Waals surface area contributed by atoms with E-state index < -0.39 is 7.14 Å². The summed E-state index contributed by atoms with van der Waals surface area (Å²) in [5.74, 6) is 5.54. The third kappa shape index (κ3) is 4.67. The summed E-state index contributed by atoms with van der Waals surface area (Å²) in [4.78, 5) is 11.7. The molecular weight excluding hydrogens is 441 g/mol. The van der Waals surface area contributed by atoms with E-state index in [4.69, 9.17) is 5.84 Å². The Labute approximate surface area is 190 Å². The lowest BCUT2D eigenvalue weighted by Gasteiger charge is -2.20. The van der Waals surface area contributed by atoms with Crippen molar-refractivity contribution in [2.45, 2.75) is 11.3 Å². The summed E-state index contributed by atoms with van der Waals surface area (Å²) < 4.78 is 16.4. The molecular formula is C23H22N5O2PS. The Kier molecular flexibility index (Phi) is 6.85. The van der Waals surface area contributed by atoms with Crippen LogP contribution in [-0.2, 0) is 15.5 Å². The van der Waals surface area contributed by atoms with Crippen molar-refractivity contribution in [1.29, 1.82) is 0 Å². The summed E-state index contributed by atoms with van der Waals surface area (Å²) in [6.07, 6.45) is 0.187. The van der Waals surface area contributed by atoms with Crippen molar-refractivity contribution in [3.8, 4) is 5.69 Å². The number of nitrogens with zero attached hydrogens (tertiary/aromatic N) is 3. The summed E-state index contributed by atoms with van der Waals surface area (Å²) in [6, 6.07) is 28.5. The summed E-state index contributed by atoms with van der Waals surface area (Å²) in [5, 5.41) is 10.7. The lowest BCUT2D eigenvalue weighted by molar-refractivity contribution is -0.118. The molecule has 9 heteroatoms. The number of hydrogen-bond donors (Lipinski definition) is 2. The number of aromatic nitrogens is 3. The number of para-hydroxylation sites is 1. The van der Waals surface area contributed by atoms with Crippen LogP contribution in [0.4, 0.5) is 0 Å². The van der Waals surface area contributed by atoms with Gasteiger partial charge in [0.05, 0.1) is 11.9 Å². The molecule has 1 heterocycles. The Hall–Kier alpha value is -3.19. The first-order valence-electron chi connectivity index (χ1n) is 9.94.